The van der Waals surface area contributed by atoms with Gasteiger partial charge in [0.15, 0.2) is 0 Å². The van der Waals surface area contributed by atoms with Gasteiger partial charge < -0.3 is 14.5 Å². The van der Waals surface area contributed by atoms with E-state index in [9.17, 15) is 0 Å². The van der Waals surface area contributed by atoms with E-state index >= 15 is 0 Å². The summed E-state index contributed by atoms with van der Waals surface area (Å²) in [6.45, 7) is 4.66. The van der Waals surface area contributed by atoms with Gasteiger partial charge in [0, 0.05) is 37.2 Å². The molecule has 3 rings (SSSR count). The minimum absolute atomic E-state index is 0.138. The topological polar surface area (TPSA) is 28.6 Å². The molecular formula is C14H20ClN3O. The zero-order valence-corrected chi connectivity index (χ0v) is 12.3. The molecule has 2 aliphatic heterocycles. The van der Waals surface area contributed by atoms with Gasteiger partial charge in [0.25, 0.3) is 0 Å². The van der Waals surface area contributed by atoms with Crippen LogP contribution in [-0.2, 0) is 10.2 Å². The average molecular weight is 282 g/mol. The van der Waals surface area contributed by atoms with E-state index in [1.165, 1.54) is 5.56 Å². The van der Waals surface area contributed by atoms with Crippen LogP contribution in [0.4, 0.5) is 5.82 Å². The molecular weight excluding hydrogens is 262 g/mol. The Morgan fingerprint density at radius 2 is 2.32 bits per heavy atom. The van der Waals surface area contributed by atoms with Crippen molar-refractivity contribution in [2.75, 3.05) is 51.8 Å². The number of likely N-dealkylation sites (N-methyl/N-ethyl adjacent to an activating group) is 1. The zero-order valence-electron chi connectivity index (χ0n) is 11.5. The van der Waals surface area contributed by atoms with Crippen LogP contribution in [0, 0.1) is 0 Å². The van der Waals surface area contributed by atoms with Crippen molar-refractivity contribution < 1.29 is 4.74 Å². The van der Waals surface area contributed by atoms with Gasteiger partial charge in [-0.1, -0.05) is 17.7 Å². The second-order valence-corrected chi connectivity index (χ2v) is 6.20. The Morgan fingerprint density at radius 1 is 1.47 bits per heavy atom. The van der Waals surface area contributed by atoms with Crippen molar-refractivity contribution in [3.8, 4) is 0 Å². The quantitative estimate of drug-likeness (QED) is 0.790. The van der Waals surface area contributed by atoms with Gasteiger partial charge in [-0.15, -0.1) is 0 Å². The summed E-state index contributed by atoms with van der Waals surface area (Å²) in [5.74, 6) is 1.06. The SMILES string of the molecule is CN(C)CCN1CC2(CCOC2)c2ccc(Cl)nc21. The number of hydrogen-bond acceptors (Lipinski definition) is 4. The maximum Gasteiger partial charge on any atom is 0.134 e. The van der Waals surface area contributed by atoms with Crippen LogP contribution in [0.3, 0.4) is 0 Å². The molecule has 0 aliphatic carbocycles. The molecule has 104 valence electrons. The standard InChI is InChI=1S/C14H20ClN3O/c1-17(2)6-7-18-9-14(5-8-19-10-14)11-3-4-12(15)16-13(11)18/h3-4H,5-10H2,1-2H3. The molecule has 1 aromatic rings. The van der Waals surface area contributed by atoms with E-state index in [0.717, 1.165) is 45.1 Å². The summed E-state index contributed by atoms with van der Waals surface area (Å²) in [5, 5.41) is 0.574. The minimum Gasteiger partial charge on any atom is -0.380 e. The fourth-order valence-electron chi connectivity index (χ4n) is 3.06. The Bertz CT molecular complexity index is 472. The van der Waals surface area contributed by atoms with Gasteiger partial charge >= 0.3 is 0 Å². The maximum absolute atomic E-state index is 6.07. The van der Waals surface area contributed by atoms with Crippen LogP contribution in [0.25, 0.3) is 0 Å². The Kier molecular flexibility index (Phi) is 3.41. The summed E-state index contributed by atoms with van der Waals surface area (Å²) in [6, 6.07) is 4.03. The molecule has 5 heteroatoms. The molecule has 0 N–H and O–H groups in total. The summed E-state index contributed by atoms with van der Waals surface area (Å²) in [6.07, 6.45) is 1.09. The van der Waals surface area contributed by atoms with Gasteiger partial charge in [-0.3, -0.25) is 0 Å². The molecule has 0 saturated carbocycles. The number of hydrogen-bond donors (Lipinski definition) is 0. The second kappa shape index (κ2) is 4.93. The zero-order chi connectivity index (χ0) is 13.5. The van der Waals surface area contributed by atoms with Crippen LogP contribution in [-0.4, -0.2) is 56.8 Å². The van der Waals surface area contributed by atoms with Crippen LogP contribution < -0.4 is 4.90 Å². The number of ether oxygens (including phenoxy) is 1. The van der Waals surface area contributed by atoms with Crippen molar-refractivity contribution in [1.29, 1.82) is 0 Å². The summed E-state index contributed by atoms with van der Waals surface area (Å²) >= 11 is 6.07. The fraction of sp³-hybridized carbons (Fsp3) is 0.643. The molecule has 1 aromatic heterocycles. The summed E-state index contributed by atoms with van der Waals surface area (Å²) < 4.78 is 5.65. The molecule has 19 heavy (non-hydrogen) atoms. The molecule has 1 spiro atoms. The van der Waals surface area contributed by atoms with Crippen LogP contribution in [0.15, 0.2) is 12.1 Å². The largest absolute Gasteiger partial charge is 0.380 e. The lowest BCUT2D eigenvalue weighted by Gasteiger charge is -2.24. The van der Waals surface area contributed by atoms with Crippen LogP contribution in [0.1, 0.15) is 12.0 Å². The summed E-state index contributed by atoms with van der Waals surface area (Å²) in [5.41, 5.74) is 1.45. The van der Waals surface area contributed by atoms with E-state index in [1.54, 1.807) is 0 Å². The lowest BCUT2D eigenvalue weighted by atomic mass is 9.82. The summed E-state index contributed by atoms with van der Waals surface area (Å²) in [7, 11) is 4.19. The maximum atomic E-state index is 6.07. The van der Waals surface area contributed by atoms with Gasteiger partial charge in [-0.05, 0) is 26.6 Å². The highest BCUT2D eigenvalue weighted by Gasteiger charge is 2.46. The molecule has 4 nitrogen and oxygen atoms in total. The lowest BCUT2D eigenvalue weighted by molar-refractivity contribution is 0.180. The van der Waals surface area contributed by atoms with E-state index in [1.807, 2.05) is 6.07 Å². The predicted octanol–water partition coefficient (Wildman–Crippen LogP) is 1.77. The first-order valence-corrected chi connectivity index (χ1v) is 7.13. The van der Waals surface area contributed by atoms with Crippen molar-refractivity contribution >= 4 is 17.4 Å². The first kappa shape index (κ1) is 13.2. The Labute approximate surface area is 119 Å². The van der Waals surface area contributed by atoms with Crippen molar-refractivity contribution in [3.05, 3.63) is 22.8 Å². The van der Waals surface area contributed by atoms with Crippen molar-refractivity contribution in [2.24, 2.45) is 0 Å². The number of fused-ring (bicyclic) bond motifs is 2. The summed E-state index contributed by atoms with van der Waals surface area (Å²) in [4.78, 5) is 9.10. The van der Waals surface area contributed by atoms with Gasteiger partial charge in [0.2, 0.25) is 0 Å². The van der Waals surface area contributed by atoms with Crippen LogP contribution >= 0.6 is 11.6 Å². The van der Waals surface area contributed by atoms with Gasteiger partial charge in [-0.2, -0.15) is 0 Å². The molecule has 1 fully saturated rings. The third-order valence-electron chi connectivity index (χ3n) is 4.13. The van der Waals surface area contributed by atoms with Crippen molar-refractivity contribution in [1.82, 2.24) is 9.88 Å². The van der Waals surface area contributed by atoms with Crippen molar-refractivity contribution in [3.63, 3.8) is 0 Å². The van der Waals surface area contributed by atoms with Crippen molar-refractivity contribution in [2.45, 2.75) is 11.8 Å². The number of halogens is 1. The molecule has 0 aromatic carbocycles. The Hall–Kier alpha value is -0.840. The number of anilines is 1. The normalized spacial score (nSPS) is 25.6. The molecule has 0 radical (unpaired) electrons. The molecule has 1 atom stereocenters. The number of pyridine rings is 1. The van der Waals surface area contributed by atoms with Gasteiger partial charge in [0.1, 0.15) is 11.0 Å². The first-order valence-electron chi connectivity index (χ1n) is 6.75. The first-order chi connectivity index (χ1) is 9.11. The van der Waals surface area contributed by atoms with E-state index in [0.29, 0.717) is 5.15 Å². The van der Waals surface area contributed by atoms with Crippen LogP contribution in [0.2, 0.25) is 5.15 Å². The highest BCUT2D eigenvalue weighted by atomic mass is 35.5. The van der Waals surface area contributed by atoms with E-state index < -0.39 is 0 Å². The predicted molar refractivity (Wildman–Crippen MR) is 77.1 cm³/mol. The monoisotopic (exact) mass is 281 g/mol. The fourth-order valence-corrected chi connectivity index (χ4v) is 3.20. The van der Waals surface area contributed by atoms with Gasteiger partial charge in [0.05, 0.1) is 6.61 Å². The molecule has 0 amide bonds. The Balaban J connectivity index is 1.91. The van der Waals surface area contributed by atoms with E-state index in [-0.39, 0.29) is 5.41 Å². The minimum atomic E-state index is 0.138. The van der Waals surface area contributed by atoms with E-state index in [2.05, 4.69) is 34.9 Å². The number of nitrogens with zero attached hydrogens (tertiary/aromatic N) is 3. The van der Waals surface area contributed by atoms with E-state index in [4.69, 9.17) is 16.3 Å². The Morgan fingerprint density at radius 3 is 3.00 bits per heavy atom. The highest BCUT2D eigenvalue weighted by molar-refractivity contribution is 6.29. The molecule has 2 aliphatic rings. The smallest absolute Gasteiger partial charge is 0.134 e. The second-order valence-electron chi connectivity index (χ2n) is 5.81. The lowest BCUT2D eigenvalue weighted by Crippen LogP contribution is -2.37. The molecule has 1 saturated heterocycles. The highest BCUT2D eigenvalue weighted by Crippen LogP contribution is 2.44. The average Bonchev–Trinajstić information content (AvgIpc) is 2.94. The number of rotatable bonds is 3. The van der Waals surface area contributed by atoms with Gasteiger partial charge in [-0.25, -0.2) is 4.98 Å². The molecule has 0 bridgehead atoms. The third kappa shape index (κ3) is 2.33. The third-order valence-corrected chi connectivity index (χ3v) is 4.34. The number of aromatic nitrogens is 1. The molecule has 3 heterocycles. The molecule has 1 unspecified atom stereocenters. The van der Waals surface area contributed by atoms with Crippen LogP contribution in [0.5, 0.6) is 0 Å².